The fourth-order valence-corrected chi connectivity index (χ4v) is 2.40. The maximum absolute atomic E-state index is 10.7. The van der Waals surface area contributed by atoms with Crippen molar-refractivity contribution in [3.63, 3.8) is 0 Å². The molecule has 106 valence electrons. The summed E-state index contributed by atoms with van der Waals surface area (Å²) in [6.45, 7) is 0. The van der Waals surface area contributed by atoms with Gasteiger partial charge >= 0.3 is 0 Å². The third kappa shape index (κ3) is 2.00. The van der Waals surface area contributed by atoms with Crippen LogP contribution in [0.2, 0.25) is 0 Å². The summed E-state index contributed by atoms with van der Waals surface area (Å²) in [6.07, 6.45) is 0.694. The highest BCUT2D eigenvalue weighted by Gasteiger charge is 2.07. The van der Waals surface area contributed by atoms with Crippen molar-refractivity contribution >= 4 is 17.3 Å². The number of benzene rings is 2. The van der Waals surface area contributed by atoms with E-state index in [1.165, 1.54) is 0 Å². The van der Waals surface area contributed by atoms with E-state index in [1.54, 1.807) is 16.8 Å². The molecule has 2 heterocycles. The molecule has 0 atom stereocenters. The molecule has 2 aromatic heterocycles. The average molecular weight is 289 g/mol. The lowest BCUT2D eigenvalue weighted by atomic mass is 10.1. The van der Waals surface area contributed by atoms with Crippen LogP contribution in [0.3, 0.4) is 0 Å². The number of hydrogen-bond acceptors (Lipinski definition) is 4. The van der Waals surface area contributed by atoms with Gasteiger partial charge in [-0.3, -0.25) is 4.79 Å². The molecule has 0 aliphatic carbocycles. The summed E-state index contributed by atoms with van der Waals surface area (Å²) in [6, 6.07) is 19.0. The summed E-state index contributed by atoms with van der Waals surface area (Å²) in [7, 11) is 0. The number of aldehydes is 1. The molecule has 22 heavy (non-hydrogen) atoms. The van der Waals surface area contributed by atoms with E-state index in [-0.39, 0.29) is 0 Å². The van der Waals surface area contributed by atoms with Crippen molar-refractivity contribution in [2.75, 3.05) is 0 Å². The lowest BCUT2D eigenvalue weighted by molar-refractivity contribution is 0.110. The zero-order chi connectivity index (χ0) is 14.9. The van der Waals surface area contributed by atoms with E-state index in [1.807, 2.05) is 48.5 Å². The van der Waals surface area contributed by atoms with E-state index in [2.05, 4.69) is 10.3 Å². The Bertz CT molecular complexity index is 951. The molecule has 0 saturated heterocycles. The van der Waals surface area contributed by atoms with Crippen LogP contribution in [0.1, 0.15) is 10.6 Å². The molecule has 2 aromatic carbocycles. The Hall–Kier alpha value is -3.21. The summed E-state index contributed by atoms with van der Waals surface area (Å²) in [4.78, 5) is 10.7. The molecule has 5 heteroatoms. The van der Waals surface area contributed by atoms with Crippen molar-refractivity contribution < 1.29 is 9.21 Å². The number of aromatic nitrogens is 3. The van der Waals surface area contributed by atoms with Crippen LogP contribution in [-0.2, 0) is 0 Å². The number of carbonyl (C=O) groups is 1. The van der Waals surface area contributed by atoms with Crippen molar-refractivity contribution in [1.82, 2.24) is 15.0 Å². The SMILES string of the molecule is O=Cc1ccc(-c2ccc(-n3nnc4ccccc43)cc2)o1. The zero-order valence-electron chi connectivity index (χ0n) is 11.5. The van der Waals surface area contributed by atoms with Crippen LogP contribution < -0.4 is 0 Å². The van der Waals surface area contributed by atoms with Gasteiger partial charge < -0.3 is 4.42 Å². The Labute approximate surface area is 125 Å². The second-order valence-corrected chi connectivity index (χ2v) is 4.86. The number of nitrogens with zero attached hydrogens (tertiary/aromatic N) is 3. The minimum Gasteiger partial charge on any atom is -0.453 e. The van der Waals surface area contributed by atoms with E-state index in [0.717, 1.165) is 22.3 Å². The third-order valence-electron chi connectivity index (χ3n) is 3.49. The van der Waals surface area contributed by atoms with Crippen molar-refractivity contribution in [3.05, 3.63) is 66.4 Å². The van der Waals surface area contributed by atoms with Gasteiger partial charge in [0.05, 0.1) is 11.2 Å². The number of furan rings is 1. The molecule has 0 saturated carbocycles. The van der Waals surface area contributed by atoms with Gasteiger partial charge in [0.1, 0.15) is 11.3 Å². The first-order chi connectivity index (χ1) is 10.8. The smallest absolute Gasteiger partial charge is 0.185 e. The highest BCUT2D eigenvalue weighted by atomic mass is 16.3. The highest BCUT2D eigenvalue weighted by molar-refractivity contribution is 5.76. The van der Waals surface area contributed by atoms with Crippen LogP contribution >= 0.6 is 0 Å². The van der Waals surface area contributed by atoms with Gasteiger partial charge in [0.25, 0.3) is 0 Å². The van der Waals surface area contributed by atoms with E-state index >= 15 is 0 Å². The molecule has 5 nitrogen and oxygen atoms in total. The molecule has 0 fully saturated rings. The van der Waals surface area contributed by atoms with Crippen molar-refractivity contribution in [3.8, 4) is 17.0 Å². The maximum atomic E-state index is 10.7. The molecule has 0 amide bonds. The van der Waals surface area contributed by atoms with Crippen LogP contribution in [0.25, 0.3) is 28.0 Å². The molecule has 0 unspecified atom stereocenters. The summed E-state index contributed by atoms with van der Waals surface area (Å²) in [5, 5.41) is 8.33. The molecule has 0 bridgehead atoms. The molecule has 4 aromatic rings. The Kier molecular flexibility index (Phi) is 2.83. The topological polar surface area (TPSA) is 60.9 Å². The van der Waals surface area contributed by atoms with Gasteiger partial charge in [-0.15, -0.1) is 5.10 Å². The molecule has 0 spiro atoms. The Morgan fingerprint density at radius 3 is 2.55 bits per heavy atom. The van der Waals surface area contributed by atoms with E-state index in [0.29, 0.717) is 17.8 Å². The van der Waals surface area contributed by atoms with Crippen LogP contribution in [0.15, 0.2) is 65.1 Å². The highest BCUT2D eigenvalue weighted by Crippen LogP contribution is 2.24. The second-order valence-electron chi connectivity index (χ2n) is 4.86. The van der Waals surface area contributed by atoms with Gasteiger partial charge in [0, 0.05) is 5.56 Å². The van der Waals surface area contributed by atoms with Crippen molar-refractivity contribution in [1.29, 1.82) is 0 Å². The first-order valence-corrected chi connectivity index (χ1v) is 6.81. The minimum atomic E-state index is 0.321. The molecular weight excluding hydrogens is 278 g/mol. The number of hydrogen-bond donors (Lipinski definition) is 0. The zero-order valence-corrected chi connectivity index (χ0v) is 11.5. The van der Waals surface area contributed by atoms with Crippen LogP contribution in [-0.4, -0.2) is 21.3 Å². The Balaban J connectivity index is 1.74. The minimum absolute atomic E-state index is 0.321. The van der Waals surface area contributed by atoms with Crippen molar-refractivity contribution in [2.45, 2.75) is 0 Å². The van der Waals surface area contributed by atoms with E-state index < -0.39 is 0 Å². The monoisotopic (exact) mass is 289 g/mol. The number of rotatable bonds is 3. The fourth-order valence-electron chi connectivity index (χ4n) is 2.40. The van der Waals surface area contributed by atoms with Crippen LogP contribution in [0.5, 0.6) is 0 Å². The maximum Gasteiger partial charge on any atom is 0.185 e. The van der Waals surface area contributed by atoms with Crippen LogP contribution in [0.4, 0.5) is 0 Å². The van der Waals surface area contributed by atoms with Crippen molar-refractivity contribution in [2.24, 2.45) is 0 Å². The quantitative estimate of drug-likeness (QED) is 0.542. The molecule has 0 N–H and O–H groups in total. The number of para-hydroxylation sites is 1. The third-order valence-corrected chi connectivity index (χ3v) is 3.49. The van der Waals surface area contributed by atoms with Gasteiger partial charge in [-0.1, -0.05) is 17.3 Å². The van der Waals surface area contributed by atoms with Gasteiger partial charge in [0.2, 0.25) is 0 Å². The molecular formula is C17H11N3O2. The lowest BCUT2D eigenvalue weighted by Gasteiger charge is -2.03. The Morgan fingerprint density at radius 1 is 0.955 bits per heavy atom. The molecule has 4 rings (SSSR count). The Morgan fingerprint density at radius 2 is 1.77 bits per heavy atom. The van der Waals surface area contributed by atoms with Gasteiger partial charge in [-0.2, -0.15) is 0 Å². The first kappa shape index (κ1) is 12.5. The summed E-state index contributed by atoms with van der Waals surface area (Å²) < 4.78 is 7.21. The molecule has 0 aliphatic rings. The standard InChI is InChI=1S/C17H11N3O2/c21-11-14-9-10-17(22-14)12-5-7-13(8-6-12)20-16-4-2-1-3-15(16)18-19-20/h1-11H. The van der Waals surface area contributed by atoms with E-state index in [4.69, 9.17) is 4.42 Å². The second kappa shape index (κ2) is 4.96. The predicted octanol–water partition coefficient (Wildman–Crippen LogP) is 3.49. The van der Waals surface area contributed by atoms with Gasteiger partial charge in [0.15, 0.2) is 12.0 Å². The summed E-state index contributed by atoms with van der Waals surface area (Å²) >= 11 is 0. The predicted molar refractivity (Wildman–Crippen MR) is 82.0 cm³/mol. The molecule has 0 aliphatic heterocycles. The largest absolute Gasteiger partial charge is 0.453 e. The first-order valence-electron chi connectivity index (χ1n) is 6.81. The average Bonchev–Trinajstić information content (AvgIpc) is 3.22. The molecule has 0 radical (unpaired) electrons. The summed E-state index contributed by atoms with van der Waals surface area (Å²) in [5.41, 5.74) is 3.63. The fraction of sp³-hybridized carbons (Fsp3) is 0. The van der Waals surface area contributed by atoms with E-state index in [9.17, 15) is 4.79 Å². The number of fused-ring (bicyclic) bond motifs is 1. The summed E-state index contributed by atoms with van der Waals surface area (Å²) in [5.74, 6) is 0.985. The normalized spacial score (nSPS) is 10.9. The van der Waals surface area contributed by atoms with Gasteiger partial charge in [-0.05, 0) is 48.5 Å². The number of carbonyl (C=O) groups excluding carboxylic acids is 1. The van der Waals surface area contributed by atoms with Gasteiger partial charge in [-0.25, -0.2) is 4.68 Å². The van der Waals surface area contributed by atoms with Crippen LogP contribution in [0, 0.1) is 0 Å². The lowest BCUT2D eigenvalue weighted by Crippen LogP contribution is -1.96.